The molecule has 52 valence electrons. The third kappa shape index (κ3) is 0.877. The summed E-state index contributed by atoms with van der Waals surface area (Å²) in [6, 6.07) is 1.86. The molecule has 1 aliphatic carbocycles. The Bertz CT molecular complexity index is 110. The molecule has 2 unspecified atom stereocenters. The van der Waals surface area contributed by atoms with Gasteiger partial charge in [-0.15, -0.1) is 0 Å². The maximum atomic E-state index is 3.45. The van der Waals surface area contributed by atoms with Gasteiger partial charge in [0.25, 0.3) is 0 Å². The maximum Gasteiger partial charge on any atom is 0.0227 e. The van der Waals surface area contributed by atoms with Crippen LogP contribution in [0.2, 0.25) is 0 Å². The fraction of sp³-hybridized carbons (Fsp3) is 1.00. The second kappa shape index (κ2) is 1.72. The van der Waals surface area contributed by atoms with Gasteiger partial charge in [-0.1, -0.05) is 13.8 Å². The van der Waals surface area contributed by atoms with Crippen molar-refractivity contribution in [1.29, 1.82) is 0 Å². The van der Waals surface area contributed by atoms with Crippen molar-refractivity contribution in [3.8, 4) is 0 Å². The molecule has 0 spiro atoms. The first-order chi connectivity index (χ1) is 4.27. The summed E-state index contributed by atoms with van der Waals surface area (Å²) in [4.78, 5) is 0. The predicted molar refractivity (Wildman–Crippen MR) is 38.3 cm³/mol. The Morgan fingerprint density at radius 2 is 1.78 bits per heavy atom. The molecule has 0 bridgehead atoms. The van der Waals surface area contributed by atoms with Crippen LogP contribution in [0.25, 0.3) is 0 Å². The van der Waals surface area contributed by atoms with Gasteiger partial charge in [0.2, 0.25) is 0 Å². The first-order valence-corrected chi connectivity index (χ1v) is 4.03. The maximum absolute atomic E-state index is 3.45. The first-order valence-electron chi connectivity index (χ1n) is 4.03. The smallest absolute Gasteiger partial charge is 0.0227 e. The van der Waals surface area contributed by atoms with Crippen molar-refractivity contribution in [2.75, 3.05) is 0 Å². The van der Waals surface area contributed by atoms with Crippen LogP contribution >= 0.6 is 0 Å². The third-order valence-electron chi connectivity index (χ3n) is 2.86. The molecule has 0 aromatic heterocycles. The van der Waals surface area contributed by atoms with Crippen LogP contribution in [0.4, 0.5) is 0 Å². The van der Waals surface area contributed by atoms with E-state index in [1.807, 2.05) is 0 Å². The highest BCUT2D eigenvalue weighted by molar-refractivity contribution is 5.06. The van der Waals surface area contributed by atoms with Crippen molar-refractivity contribution >= 4 is 0 Å². The SMILES string of the molecule is CC(C)C1CC2NC2C1. The van der Waals surface area contributed by atoms with E-state index in [-0.39, 0.29) is 0 Å². The summed E-state index contributed by atoms with van der Waals surface area (Å²) in [5, 5.41) is 3.45. The van der Waals surface area contributed by atoms with Crippen LogP contribution in [0.5, 0.6) is 0 Å². The highest BCUT2D eigenvalue weighted by atomic mass is 15.2. The Kier molecular flexibility index (Phi) is 1.10. The summed E-state index contributed by atoms with van der Waals surface area (Å²) in [6.07, 6.45) is 2.89. The molecule has 2 aliphatic rings. The zero-order valence-corrected chi connectivity index (χ0v) is 6.22. The first kappa shape index (κ1) is 5.72. The average molecular weight is 125 g/mol. The molecule has 0 amide bonds. The number of nitrogens with one attached hydrogen (secondary N) is 1. The Morgan fingerprint density at radius 1 is 1.22 bits per heavy atom. The lowest BCUT2D eigenvalue weighted by atomic mass is 9.93. The van der Waals surface area contributed by atoms with Crippen LogP contribution in [0.1, 0.15) is 26.7 Å². The monoisotopic (exact) mass is 125 g/mol. The number of rotatable bonds is 1. The number of piperidine rings is 1. The molecule has 2 rings (SSSR count). The van der Waals surface area contributed by atoms with E-state index in [0.717, 1.165) is 23.9 Å². The van der Waals surface area contributed by atoms with Crippen LogP contribution in [0.3, 0.4) is 0 Å². The molecule has 0 aromatic rings. The molecule has 1 N–H and O–H groups in total. The lowest BCUT2D eigenvalue weighted by Crippen LogP contribution is -2.10. The average Bonchev–Trinajstić information content (AvgIpc) is 2.40. The minimum Gasteiger partial charge on any atom is -0.308 e. The van der Waals surface area contributed by atoms with Crippen molar-refractivity contribution in [2.45, 2.75) is 38.8 Å². The zero-order chi connectivity index (χ0) is 6.43. The molecule has 2 fully saturated rings. The molecule has 1 nitrogen and oxygen atoms in total. The van der Waals surface area contributed by atoms with E-state index in [9.17, 15) is 0 Å². The number of fused-ring (bicyclic) bond motifs is 1. The van der Waals surface area contributed by atoms with Crippen LogP contribution in [0.15, 0.2) is 0 Å². The summed E-state index contributed by atoms with van der Waals surface area (Å²) in [6.45, 7) is 4.69. The molecular weight excluding hydrogens is 110 g/mol. The molecule has 9 heavy (non-hydrogen) atoms. The lowest BCUT2D eigenvalue weighted by Gasteiger charge is -2.14. The molecule has 1 heterocycles. The van der Waals surface area contributed by atoms with E-state index < -0.39 is 0 Å². The van der Waals surface area contributed by atoms with Gasteiger partial charge in [0, 0.05) is 12.1 Å². The molecule has 2 atom stereocenters. The van der Waals surface area contributed by atoms with Gasteiger partial charge < -0.3 is 5.32 Å². The topological polar surface area (TPSA) is 21.9 Å². The summed E-state index contributed by atoms with van der Waals surface area (Å²) in [5.74, 6) is 1.95. The van der Waals surface area contributed by atoms with Gasteiger partial charge in [0.1, 0.15) is 0 Å². The van der Waals surface area contributed by atoms with Gasteiger partial charge in [-0.05, 0) is 24.7 Å². The molecule has 1 heteroatoms. The second-order valence-corrected chi connectivity index (χ2v) is 3.86. The fourth-order valence-electron chi connectivity index (χ4n) is 1.98. The summed E-state index contributed by atoms with van der Waals surface area (Å²) >= 11 is 0. The van der Waals surface area contributed by atoms with Crippen LogP contribution in [-0.2, 0) is 0 Å². The molecule has 1 aliphatic heterocycles. The minimum atomic E-state index is 0.916. The quantitative estimate of drug-likeness (QED) is 0.526. The highest BCUT2D eigenvalue weighted by Gasteiger charge is 2.45. The van der Waals surface area contributed by atoms with E-state index in [1.54, 1.807) is 0 Å². The van der Waals surface area contributed by atoms with Crippen LogP contribution in [0, 0.1) is 11.8 Å². The molecule has 0 radical (unpaired) electrons. The Hall–Kier alpha value is -0.0400. The summed E-state index contributed by atoms with van der Waals surface area (Å²) in [5.41, 5.74) is 0. The highest BCUT2D eigenvalue weighted by Crippen LogP contribution is 2.39. The van der Waals surface area contributed by atoms with Crippen molar-refractivity contribution in [1.82, 2.24) is 5.32 Å². The van der Waals surface area contributed by atoms with E-state index >= 15 is 0 Å². The van der Waals surface area contributed by atoms with Crippen molar-refractivity contribution < 1.29 is 0 Å². The van der Waals surface area contributed by atoms with Gasteiger partial charge in [-0.2, -0.15) is 0 Å². The predicted octanol–water partition coefficient (Wildman–Crippen LogP) is 1.39. The Morgan fingerprint density at radius 3 is 2.11 bits per heavy atom. The van der Waals surface area contributed by atoms with E-state index in [0.29, 0.717) is 0 Å². The second-order valence-electron chi connectivity index (χ2n) is 3.86. The lowest BCUT2D eigenvalue weighted by molar-refractivity contribution is 0.368. The van der Waals surface area contributed by atoms with Gasteiger partial charge >= 0.3 is 0 Å². The van der Waals surface area contributed by atoms with Gasteiger partial charge in [0.05, 0.1) is 0 Å². The van der Waals surface area contributed by atoms with Crippen molar-refractivity contribution in [3.63, 3.8) is 0 Å². The van der Waals surface area contributed by atoms with Crippen LogP contribution in [-0.4, -0.2) is 12.1 Å². The normalized spacial score (nSPS) is 47.7. The minimum absolute atomic E-state index is 0.916. The Labute approximate surface area is 56.8 Å². The number of hydrogen-bond donors (Lipinski definition) is 1. The van der Waals surface area contributed by atoms with E-state index in [1.165, 1.54) is 12.8 Å². The van der Waals surface area contributed by atoms with Gasteiger partial charge in [-0.25, -0.2) is 0 Å². The number of hydrogen-bond acceptors (Lipinski definition) is 1. The zero-order valence-electron chi connectivity index (χ0n) is 6.22. The largest absolute Gasteiger partial charge is 0.308 e. The third-order valence-corrected chi connectivity index (χ3v) is 2.86. The van der Waals surface area contributed by atoms with E-state index in [4.69, 9.17) is 0 Å². The summed E-state index contributed by atoms with van der Waals surface area (Å²) in [7, 11) is 0. The molecule has 1 saturated carbocycles. The summed E-state index contributed by atoms with van der Waals surface area (Å²) < 4.78 is 0. The molecular formula is C8H15N. The Balaban J connectivity index is 1.90. The van der Waals surface area contributed by atoms with Crippen LogP contribution < -0.4 is 5.32 Å². The van der Waals surface area contributed by atoms with Gasteiger partial charge in [0.15, 0.2) is 0 Å². The standard InChI is InChI=1S/C8H15N/c1-5(2)6-3-7-8(4-6)9-7/h5-9H,3-4H2,1-2H3. The van der Waals surface area contributed by atoms with Gasteiger partial charge in [-0.3, -0.25) is 0 Å². The fourth-order valence-corrected chi connectivity index (χ4v) is 1.98. The molecule has 0 aromatic carbocycles. The van der Waals surface area contributed by atoms with E-state index in [2.05, 4.69) is 19.2 Å². The van der Waals surface area contributed by atoms with Crippen molar-refractivity contribution in [2.24, 2.45) is 11.8 Å². The van der Waals surface area contributed by atoms with Crippen molar-refractivity contribution in [3.05, 3.63) is 0 Å². The molecule has 1 saturated heterocycles.